The molecule has 3 nitrogen and oxygen atoms in total. The minimum Gasteiger partial charge on any atom is -0.493 e. The van der Waals surface area contributed by atoms with Crippen molar-refractivity contribution in [2.75, 3.05) is 19.8 Å². The van der Waals surface area contributed by atoms with E-state index in [1.54, 1.807) is 6.07 Å². The minimum absolute atomic E-state index is 0.0415. The summed E-state index contributed by atoms with van der Waals surface area (Å²) in [5.41, 5.74) is 0.810. The molecule has 0 aliphatic rings. The summed E-state index contributed by atoms with van der Waals surface area (Å²) in [5.74, 6) is 0.410. The smallest absolute Gasteiger partial charge is 0.124 e. The average molecular weight is 241 g/mol. The van der Waals surface area contributed by atoms with Gasteiger partial charge in [0.2, 0.25) is 0 Å². The number of hydrogen-bond acceptors (Lipinski definition) is 3. The molecule has 0 aromatic heterocycles. The maximum absolute atomic E-state index is 13.2. The largest absolute Gasteiger partial charge is 0.493 e. The molecule has 1 rings (SSSR count). The van der Waals surface area contributed by atoms with Gasteiger partial charge in [-0.1, -0.05) is 6.92 Å². The highest BCUT2D eigenvalue weighted by molar-refractivity contribution is 5.36. The second kappa shape index (κ2) is 7.25. The molecule has 1 atom stereocenters. The fraction of sp³-hybridized carbons (Fsp3) is 0.538. The minimum atomic E-state index is -0.265. The third kappa shape index (κ3) is 4.32. The molecule has 1 unspecified atom stereocenters. The maximum Gasteiger partial charge on any atom is 0.124 e. The number of benzene rings is 1. The van der Waals surface area contributed by atoms with Crippen LogP contribution in [0.1, 0.15) is 31.9 Å². The zero-order valence-electron chi connectivity index (χ0n) is 10.4. The summed E-state index contributed by atoms with van der Waals surface area (Å²) in [5, 5.41) is 11.9. The molecule has 0 amide bonds. The molecule has 0 spiro atoms. The SMILES string of the molecule is CCNC(C)c1cc(F)ccc1OCCCO. The van der Waals surface area contributed by atoms with Crippen LogP contribution in [0.2, 0.25) is 0 Å². The fourth-order valence-electron chi connectivity index (χ4n) is 1.65. The monoisotopic (exact) mass is 241 g/mol. The second-order valence-corrected chi connectivity index (χ2v) is 3.89. The van der Waals surface area contributed by atoms with Crippen LogP contribution in [0.4, 0.5) is 4.39 Å². The van der Waals surface area contributed by atoms with Gasteiger partial charge in [-0.2, -0.15) is 0 Å². The summed E-state index contributed by atoms with van der Waals surface area (Å²) in [6, 6.07) is 4.55. The number of nitrogens with one attached hydrogen (secondary N) is 1. The quantitative estimate of drug-likeness (QED) is 0.719. The van der Waals surface area contributed by atoms with Crippen molar-refractivity contribution in [2.24, 2.45) is 0 Å². The maximum atomic E-state index is 13.2. The molecule has 1 aromatic rings. The highest BCUT2D eigenvalue weighted by Crippen LogP contribution is 2.26. The van der Waals surface area contributed by atoms with Crippen LogP contribution in [0.3, 0.4) is 0 Å². The van der Waals surface area contributed by atoms with E-state index in [1.165, 1.54) is 12.1 Å². The topological polar surface area (TPSA) is 41.5 Å². The van der Waals surface area contributed by atoms with Crippen molar-refractivity contribution in [2.45, 2.75) is 26.3 Å². The molecule has 0 fully saturated rings. The van der Waals surface area contributed by atoms with E-state index in [9.17, 15) is 4.39 Å². The van der Waals surface area contributed by atoms with Crippen molar-refractivity contribution in [1.82, 2.24) is 5.32 Å². The number of aliphatic hydroxyl groups excluding tert-OH is 1. The summed E-state index contributed by atoms with van der Waals surface area (Å²) >= 11 is 0. The molecule has 0 radical (unpaired) electrons. The Morgan fingerprint density at radius 3 is 2.88 bits per heavy atom. The molecule has 17 heavy (non-hydrogen) atoms. The van der Waals surface area contributed by atoms with Gasteiger partial charge in [-0.3, -0.25) is 0 Å². The number of ether oxygens (including phenoxy) is 1. The van der Waals surface area contributed by atoms with E-state index in [4.69, 9.17) is 9.84 Å². The van der Waals surface area contributed by atoms with Crippen molar-refractivity contribution in [3.8, 4) is 5.75 Å². The van der Waals surface area contributed by atoms with Crippen LogP contribution >= 0.6 is 0 Å². The summed E-state index contributed by atoms with van der Waals surface area (Å²) in [6.45, 7) is 5.32. The van der Waals surface area contributed by atoms with E-state index in [0.29, 0.717) is 18.8 Å². The lowest BCUT2D eigenvalue weighted by Crippen LogP contribution is -2.19. The first kappa shape index (κ1) is 13.9. The second-order valence-electron chi connectivity index (χ2n) is 3.89. The van der Waals surface area contributed by atoms with Crippen LogP contribution < -0.4 is 10.1 Å². The van der Waals surface area contributed by atoms with Crippen LogP contribution in [0, 0.1) is 5.82 Å². The van der Waals surface area contributed by atoms with Crippen molar-refractivity contribution in [3.05, 3.63) is 29.6 Å². The zero-order chi connectivity index (χ0) is 12.7. The standard InChI is InChI=1S/C13H20FNO2/c1-3-15-10(2)12-9-11(14)5-6-13(12)17-8-4-7-16/h5-6,9-10,15-16H,3-4,7-8H2,1-2H3. The van der Waals surface area contributed by atoms with Gasteiger partial charge in [0, 0.05) is 24.6 Å². The van der Waals surface area contributed by atoms with Gasteiger partial charge in [-0.25, -0.2) is 4.39 Å². The number of rotatable bonds is 7. The highest BCUT2D eigenvalue weighted by atomic mass is 19.1. The summed E-state index contributed by atoms with van der Waals surface area (Å²) in [7, 11) is 0. The van der Waals surface area contributed by atoms with Crippen LogP contribution in [0.25, 0.3) is 0 Å². The lowest BCUT2D eigenvalue weighted by atomic mass is 10.1. The Labute approximate surface area is 102 Å². The summed E-state index contributed by atoms with van der Waals surface area (Å²) in [4.78, 5) is 0. The van der Waals surface area contributed by atoms with Gasteiger partial charge in [0.1, 0.15) is 11.6 Å². The van der Waals surface area contributed by atoms with Gasteiger partial charge in [-0.05, 0) is 31.7 Å². The Kier molecular flexibility index (Phi) is 5.94. The van der Waals surface area contributed by atoms with Crippen molar-refractivity contribution < 1.29 is 14.2 Å². The first-order chi connectivity index (χ1) is 8.19. The van der Waals surface area contributed by atoms with Gasteiger partial charge >= 0.3 is 0 Å². The lowest BCUT2D eigenvalue weighted by Gasteiger charge is -2.17. The predicted octanol–water partition coefficient (Wildman–Crippen LogP) is 2.26. The van der Waals surface area contributed by atoms with E-state index in [0.717, 1.165) is 12.1 Å². The van der Waals surface area contributed by atoms with Gasteiger partial charge in [-0.15, -0.1) is 0 Å². The van der Waals surface area contributed by atoms with Crippen LogP contribution in [-0.2, 0) is 0 Å². The molecule has 4 heteroatoms. The van der Waals surface area contributed by atoms with Gasteiger partial charge < -0.3 is 15.2 Å². The Hall–Kier alpha value is -1.13. The fourth-order valence-corrected chi connectivity index (χ4v) is 1.65. The summed E-state index contributed by atoms with van der Waals surface area (Å²) in [6.07, 6.45) is 0.576. The highest BCUT2D eigenvalue weighted by Gasteiger charge is 2.11. The van der Waals surface area contributed by atoms with Crippen LogP contribution in [-0.4, -0.2) is 24.9 Å². The molecule has 0 saturated carbocycles. The molecule has 2 N–H and O–H groups in total. The van der Waals surface area contributed by atoms with Crippen LogP contribution in [0.15, 0.2) is 18.2 Å². The molecule has 96 valence electrons. The third-order valence-electron chi connectivity index (χ3n) is 2.51. The van der Waals surface area contributed by atoms with Gasteiger partial charge in [0.25, 0.3) is 0 Å². The lowest BCUT2D eigenvalue weighted by molar-refractivity contribution is 0.231. The van der Waals surface area contributed by atoms with Crippen molar-refractivity contribution in [1.29, 1.82) is 0 Å². The molecule has 0 bridgehead atoms. The summed E-state index contributed by atoms with van der Waals surface area (Å²) < 4.78 is 18.7. The zero-order valence-corrected chi connectivity index (χ0v) is 10.4. The molecular formula is C13H20FNO2. The van der Waals surface area contributed by atoms with E-state index < -0.39 is 0 Å². The van der Waals surface area contributed by atoms with Crippen LogP contribution in [0.5, 0.6) is 5.75 Å². The molecule has 0 aliphatic carbocycles. The van der Waals surface area contributed by atoms with E-state index in [1.807, 2.05) is 13.8 Å². The number of aliphatic hydroxyl groups is 1. The van der Waals surface area contributed by atoms with Crippen molar-refractivity contribution >= 4 is 0 Å². The van der Waals surface area contributed by atoms with E-state index in [2.05, 4.69) is 5.32 Å². The Morgan fingerprint density at radius 1 is 1.47 bits per heavy atom. The molecule has 0 aliphatic heterocycles. The predicted molar refractivity (Wildman–Crippen MR) is 65.7 cm³/mol. The third-order valence-corrected chi connectivity index (χ3v) is 2.51. The number of hydrogen-bond donors (Lipinski definition) is 2. The number of halogens is 1. The molecule has 1 aromatic carbocycles. The van der Waals surface area contributed by atoms with E-state index >= 15 is 0 Å². The Morgan fingerprint density at radius 2 is 2.24 bits per heavy atom. The Bertz CT molecular complexity index is 344. The Balaban J connectivity index is 2.79. The molecule has 0 saturated heterocycles. The first-order valence-corrected chi connectivity index (χ1v) is 5.95. The molecule has 0 heterocycles. The van der Waals surface area contributed by atoms with E-state index in [-0.39, 0.29) is 18.5 Å². The first-order valence-electron chi connectivity index (χ1n) is 5.95. The average Bonchev–Trinajstić information content (AvgIpc) is 2.31. The normalized spacial score (nSPS) is 12.5. The van der Waals surface area contributed by atoms with Gasteiger partial charge in [0.05, 0.1) is 6.61 Å². The van der Waals surface area contributed by atoms with Gasteiger partial charge in [0.15, 0.2) is 0 Å². The van der Waals surface area contributed by atoms with Crippen molar-refractivity contribution in [3.63, 3.8) is 0 Å². The molecular weight excluding hydrogens is 221 g/mol.